The first kappa shape index (κ1) is 29.0. The van der Waals surface area contributed by atoms with Gasteiger partial charge in [-0.05, 0) is 51.9 Å². The molecule has 1 aromatic carbocycles. The first-order chi connectivity index (χ1) is 19.3. The molecule has 2 aliphatic heterocycles. The summed E-state index contributed by atoms with van der Waals surface area (Å²) in [5.41, 5.74) is 0.111. The van der Waals surface area contributed by atoms with Gasteiger partial charge in [0.05, 0.1) is 24.0 Å². The van der Waals surface area contributed by atoms with Gasteiger partial charge in [0.25, 0.3) is 0 Å². The van der Waals surface area contributed by atoms with Gasteiger partial charge in [-0.2, -0.15) is 0 Å². The largest absolute Gasteiger partial charge is 0.481 e. The molecule has 13 nitrogen and oxygen atoms in total. The molecule has 1 spiro atoms. The molecule has 13 heteroatoms. The third-order valence-electron chi connectivity index (χ3n) is 8.71. The quantitative estimate of drug-likeness (QED) is 0.222. The summed E-state index contributed by atoms with van der Waals surface area (Å²) in [5.74, 6) is -4.43. The molecule has 2 heterocycles. The predicted molar refractivity (Wildman–Crippen MR) is 136 cm³/mol. The third-order valence-corrected chi connectivity index (χ3v) is 8.71. The fraction of sp³-hybridized carbons (Fsp3) is 0.571. The number of aliphatic hydroxyl groups is 3. The van der Waals surface area contributed by atoms with Crippen molar-refractivity contribution in [1.29, 1.82) is 0 Å². The van der Waals surface area contributed by atoms with E-state index >= 15 is 0 Å². The molecule has 0 saturated carbocycles. The molecule has 1 saturated heterocycles. The van der Waals surface area contributed by atoms with Crippen LogP contribution in [0, 0.1) is 0 Å². The molecule has 0 amide bonds. The van der Waals surface area contributed by atoms with Crippen LogP contribution in [0.2, 0.25) is 0 Å². The van der Waals surface area contributed by atoms with E-state index in [1.807, 2.05) is 13.1 Å². The van der Waals surface area contributed by atoms with E-state index in [1.54, 1.807) is 12.1 Å². The van der Waals surface area contributed by atoms with Crippen molar-refractivity contribution >= 4 is 23.9 Å². The third kappa shape index (κ3) is 4.47. The second kappa shape index (κ2) is 10.4. The Kier molecular flexibility index (Phi) is 7.35. The number of likely N-dealkylation sites (tertiary alicyclic amines) is 1. The van der Waals surface area contributed by atoms with Gasteiger partial charge in [-0.15, -0.1) is 0 Å². The molecule has 0 radical (unpaired) electrons. The highest BCUT2D eigenvalue weighted by Gasteiger charge is 2.71. The number of carbonyl (C=O) groups is 4. The van der Waals surface area contributed by atoms with E-state index in [-0.39, 0.29) is 24.8 Å². The number of benzene rings is 1. The summed E-state index contributed by atoms with van der Waals surface area (Å²) in [6, 6.07) is 3.48. The molecule has 4 N–H and O–H groups in total. The second-order valence-corrected chi connectivity index (χ2v) is 11.1. The zero-order valence-corrected chi connectivity index (χ0v) is 22.9. The summed E-state index contributed by atoms with van der Waals surface area (Å²) in [4.78, 5) is 51.0. The molecule has 2 aliphatic carbocycles. The minimum atomic E-state index is -1.89. The highest BCUT2D eigenvalue weighted by molar-refractivity contribution is 5.87. The number of ether oxygens (including phenoxy) is 4. The molecular weight excluding hydrogens is 542 g/mol. The Hall–Kier alpha value is -3.52. The molecule has 0 unspecified atom stereocenters. The van der Waals surface area contributed by atoms with E-state index in [1.165, 1.54) is 0 Å². The first-order valence-corrected chi connectivity index (χ1v) is 13.4. The standard InChI is InChI=1S/C28H33NO12/c1-13(31)25(35)40-18(26(36)38-14(2)24(33)34)11-20(32)39-17-6-7-28(37)19-10-15-4-5-16(12-30)22-21(15)27(28,23(17)41-22)8-9-29(19)3/h4-6,13-14,18-19,23,30-31,37H,7-12H2,1-3H3,(H,33,34)/t13-,14-,18-,19+,23-,27-,28+/m0/s1. The Labute approximate surface area is 235 Å². The number of hydrogen-bond donors (Lipinski definition) is 4. The molecule has 1 aromatic rings. The van der Waals surface area contributed by atoms with Gasteiger partial charge in [-0.1, -0.05) is 12.1 Å². The van der Waals surface area contributed by atoms with Crippen LogP contribution in [0.1, 0.15) is 49.8 Å². The number of aliphatic hydroxyl groups excluding tert-OH is 2. The van der Waals surface area contributed by atoms with Crippen molar-refractivity contribution in [2.45, 2.75) is 87.6 Å². The SMILES string of the molecule is C[C@H](O)C(=O)O[C@@H](CC(=O)OC1=CC[C@@]2(O)[C@H]3Cc4ccc(CO)c5c4[C@@]2(CCN3C)[C@H]1O5)C(=O)O[C@@H](C)C(=O)O. The fourth-order valence-corrected chi connectivity index (χ4v) is 6.67. The Balaban J connectivity index is 1.44. The second-order valence-electron chi connectivity index (χ2n) is 11.1. The number of esters is 3. The number of piperidine rings is 1. The molecule has 4 aliphatic rings. The Morgan fingerprint density at radius 2 is 1.90 bits per heavy atom. The number of nitrogens with zero attached hydrogens (tertiary/aromatic N) is 1. The molecule has 2 bridgehead atoms. The lowest BCUT2D eigenvalue weighted by Crippen LogP contribution is -2.74. The average molecular weight is 576 g/mol. The lowest BCUT2D eigenvalue weighted by molar-refractivity contribution is -0.182. The van der Waals surface area contributed by atoms with E-state index in [4.69, 9.17) is 24.1 Å². The minimum Gasteiger partial charge on any atom is -0.481 e. The van der Waals surface area contributed by atoms with Gasteiger partial charge in [0.1, 0.15) is 17.6 Å². The van der Waals surface area contributed by atoms with Crippen LogP contribution in [0.15, 0.2) is 24.0 Å². The molecular formula is C28H33NO12. The lowest BCUT2D eigenvalue weighted by atomic mass is 9.50. The maximum atomic E-state index is 13.1. The van der Waals surface area contributed by atoms with Crippen molar-refractivity contribution < 1.29 is 58.6 Å². The molecule has 0 aromatic heterocycles. The van der Waals surface area contributed by atoms with E-state index in [2.05, 4.69) is 4.90 Å². The number of hydrogen-bond acceptors (Lipinski definition) is 12. The lowest BCUT2D eigenvalue weighted by Gasteiger charge is -2.61. The van der Waals surface area contributed by atoms with Crippen LogP contribution in [-0.2, 0) is 51.8 Å². The normalized spacial score (nSPS) is 29.7. The zero-order chi connectivity index (χ0) is 29.9. The van der Waals surface area contributed by atoms with Crippen molar-refractivity contribution in [3.63, 3.8) is 0 Å². The number of likely N-dealkylation sites (N-methyl/N-ethyl adjacent to an activating group) is 1. The van der Waals surface area contributed by atoms with Gasteiger partial charge >= 0.3 is 23.9 Å². The Morgan fingerprint density at radius 1 is 1.17 bits per heavy atom. The molecule has 1 fully saturated rings. The van der Waals surface area contributed by atoms with Crippen LogP contribution in [0.5, 0.6) is 5.75 Å². The van der Waals surface area contributed by atoms with Crippen LogP contribution in [0.4, 0.5) is 0 Å². The number of aliphatic carboxylic acids is 1. The number of carboxylic acids is 1. The van der Waals surface area contributed by atoms with Crippen molar-refractivity contribution in [2.75, 3.05) is 13.6 Å². The van der Waals surface area contributed by atoms with Gasteiger partial charge in [-0.3, -0.25) is 4.79 Å². The van der Waals surface area contributed by atoms with E-state index in [9.17, 15) is 34.5 Å². The van der Waals surface area contributed by atoms with Gasteiger partial charge in [0.15, 0.2) is 12.2 Å². The summed E-state index contributed by atoms with van der Waals surface area (Å²) in [7, 11) is 1.95. The van der Waals surface area contributed by atoms with Gasteiger partial charge in [0.2, 0.25) is 6.10 Å². The summed E-state index contributed by atoms with van der Waals surface area (Å²) in [5, 5.41) is 40.8. The molecule has 41 heavy (non-hydrogen) atoms. The average Bonchev–Trinajstić information content (AvgIpc) is 3.27. The zero-order valence-electron chi connectivity index (χ0n) is 22.9. The summed E-state index contributed by atoms with van der Waals surface area (Å²) >= 11 is 0. The molecule has 5 rings (SSSR count). The summed E-state index contributed by atoms with van der Waals surface area (Å²) < 4.78 is 21.8. The van der Waals surface area contributed by atoms with E-state index in [0.29, 0.717) is 30.7 Å². The van der Waals surface area contributed by atoms with Crippen molar-refractivity contribution in [3.05, 3.63) is 40.7 Å². The number of rotatable bonds is 9. The smallest absolute Gasteiger partial charge is 0.348 e. The molecule has 7 atom stereocenters. The van der Waals surface area contributed by atoms with Crippen molar-refractivity contribution in [2.24, 2.45) is 0 Å². The van der Waals surface area contributed by atoms with Crippen LogP contribution >= 0.6 is 0 Å². The highest BCUT2D eigenvalue weighted by atomic mass is 16.6. The molecule has 222 valence electrons. The van der Waals surface area contributed by atoms with E-state index in [0.717, 1.165) is 25.0 Å². The van der Waals surface area contributed by atoms with Crippen LogP contribution in [0.25, 0.3) is 0 Å². The Morgan fingerprint density at radius 3 is 2.56 bits per heavy atom. The highest BCUT2D eigenvalue weighted by Crippen LogP contribution is 2.64. The Bertz CT molecular complexity index is 1320. The van der Waals surface area contributed by atoms with Gasteiger partial charge in [-0.25, -0.2) is 14.4 Å². The maximum Gasteiger partial charge on any atom is 0.348 e. The summed E-state index contributed by atoms with van der Waals surface area (Å²) in [6.45, 7) is 2.53. The van der Waals surface area contributed by atoms with Gasteiger partial charge < -0.3 is 44.3 Å². The number of carbonyl (C=O) groups excluding carboxylic acids is 3. The van der Waals surface area contributed by atoms with Crippen LogP contribution in [-0.4, -0.2) is 98.9 Å². The van der Waals surface area contributed by atoms with Crippen LogP contribution < -0.4 is 4.74 Å². The first-order valence-electron chi connectivity index (χ1n) is 13.4. The predicted octanol–water partition coefficient (Wildman–Crippen LogP) is -0.301. The topological polar surface area (TPSA) is 189 Å². The fourth-order valence-electron chi connectivity index (χ4n) is 6.67. The van der Waals surface area contributed by atoms with E-state index < -0.39 is 65.7 Å². The minimum absolute atomic E-state index is 0.101. The van der Waals surface area contributed by atoms with Crippen molar-refractivity contribution in [1.82, 2.24) is 4.90 Å². The summed E-state index contributed by atoms with van der Waals surface area (Å²) in [6.07, 6.45) is -4.07. The number of carboxylic acid groups (broad SMARTS) is 1. The monoisotopic (exact) mass is 575 g/mol. The van der Waals surface area contributed by atoms with Crippen LogP contribution in [0.3, 0.4) is 0 Å². The van der Waals surface area contributed by atoms with Crippen molar-refractivity contribution in [3.8, 4) is 5.75 Å². The maximum absolute atomic E-state index is 13.1. The van der Waals surface area contributed by atoms with Gasteiger partial charge in [0, 0.05) is 23.6 Å².